The highest BCUT2D eigenvalue weighted by atomic mass is 32.1. The number of ether oxygens (including phenoxy) is 1. The Labute approximate surface area is 93.9 Å². The van der Waals surface area contributed by atoms with Gasteiger partial charge in [-0.15, -0.1) is 5.10 Å². The Bertz CT molecular complexity index is 492. The van der Waals surface area contributed by atoms with E-state index >= 15 is 0 Å². The van der Waals surface area contributed by atoms with Crippen molar-refractivity contribution in [2.45, 2.75) is 6.92 Å². The summed E-state index contributed by atoms with van der Waals surface area (Å²) in [4.78, 5) is 16.4. The Kier molecular flexibility index (Phi) is 2.74. The van der Waals surface area contributed by atoms with E-state index in [-0.39, 0.29) is 5.78 Å². The number of thiazole rings is 1. The van der Waals surface area contributed by atoms with Crippen molar-refractivity contribution in [1.29, 1.82) is 0 Å². The Morgan fingerprint density at radius 3 is 2.87 bits per heavy atom. The predicted molar refractivity (Wildman–Crippen MR) is 56.7 cm³/mol. The molecule has 0 aliphatic carbocycles. The lowest BCUT2D eigenvalue weighted by Gasteiger charge is -1.92. The van der Waals surface area contributed by atoms with Gasteiger partial charge in [-0.05, 0) is 18.5 Å². The van der Waals surface area contributed by atoms with Gasteiger partial charge in [0, 0.05) is 5.38 Å². The molecule has 0 saturated carbocycles. The summed E-state index contributed by atoms with van der Waals surface area (Å²) >= 11 is 2.37. The van der Waals surface area contributed by atoms with E-state index in [0.29, 0.717) is 21.5 Å². The quantitative estimate of drug-likeness (QED) is 0.763. The Balaban J connectivity index is 2.32. The molecule has 2 heterocycles. The van der Waals surface area contributed by atoms with Crippen LogP contribution in [0.5, 0.6) is 5.19 Å². The number of carbonyl (C=O) groups excluding carboxylic acids is 1. The minimum atomic E-state index is -0.151. The van der Waals surface area contributed by atoms with E-state index in [1.165, 1.54) is 18.4 Å². The van der Waals surface area contributed by atoms with Crippen LogP contribution < -0.4 is 4.74 Å². The van der Waals surface area contributed by atoms with Crippen LogP contribution in [0.2, 0.25) is 0 Å². The molecule has 0 unspecified atom stereocenters. The van der Waals surface area contributed by atoms with Crippen molar-refractivity contribution < 1.29 is 9.53 Å². The SMILES string of the molecule is COc1nc(C(=O)c2snnc2C)cs1. The zero-order valence-electron chi connectivity index (χ0n) is 8.05. The first-order valence-corrected chi connectivity index (χ1v) is 5.71. The van der Waals surface area contributed by atoms with Crippen LogP contribution in [0.25, 0.3) is 0 Å². The number of carbonyl (C=O) groups is 1. The highest BCUT2D eigenvalue weighted by Gasteiger charge is 2.18. The molecular weight excluding hydrogens is 234 g/mol. The molecule has 0 aromatic carbocycles. The third kappa shape index (κ3) is 1.88. The molecule has 7 heteroatoms. The first-order valence-electron chi connectivity index (χ1n) is 4.05. The van der Waals surface area contributed by atoms with Gasteiger partial charge in [0.15, 0.2) is 0 Å². The zero-order chi connectivity index (χ0) is 10.8. The number of ketones is 1. The van der Waals surface area contributed by atoms with E-state index < -0.39 is 0 Å². The summed E-state index contributed by atoms with van der Waals surface area (Å²) in [7, 11) is 1.52. The summed E-state index contributed by atoms with van der Waals surface area (Å²) in [6.45, 7) is 1.75. The lowest BCUT2D eigenvalue weighted by atomic mass is 10.2. The maximum Gasteiger partial charge on any atom is 0.273 e. The summed E-state index contributed by atoms with van der Waals surface area (Å²) in [5.74, 6) is -0.151. The average molecular weight is 241 g/mol. The van der Waals surface area contributed by atoms with Gasteiger partial charge in [0.2, 0.25) is 5.78 Å². The molecule has 0 aliphatic heterocycles. The van der Waals surface area contributed by atoms with Crippen LogP contribution in [-0.2, 0) is 0 Å². The fraction of sp³-hybridized carbons (Fsp3) is 0.250. The van der Waals surface area contributed by atoms with Crippen LogP contribution >= 0.6 is 22.9 Å². The van der Waals surface area contributed by atoms with E-state index in [9.17, 15) is 4.79 Å². The third-order valence-corrected chi connectivity index (χ3v) is 3.38. The van der Waals surface area contributed by atoms with Gasteiger partial charge in [-0.25, -0.2) is 0 Å². The van der Waals surface area contributed by atoms with Gasteiger partial charge in [-0.2, -0.15) is 4.98 Å². The minimum Gasteiger partial charge on any atom is -0.473 e. The second-order valence-corrected chi connectivity index (χ2v) is 4.29. The fourth-order valence-electron chi connectivity index (χ4n) is 1.01. The van der Waals surface area contributed by atoms with Crippen LogP contribution in [0.15, 0.2) is 5.38 Å². The van der Waals surface area contributed by atoms with Crippen molar-refractivity contribution in [3.63, 3.8) is 0 Å². The zero-order valence-corrected chi connectivity index (χ0v) is 9.68. The number of aryl methyl sites for hydroxylation is 1. The third-order valence-electron chi connectivity index (χ3n) is 1.75. The van der Waals surface area contributed by atoms with E-state index in [2.05, 4.69) is 14.6 Å². The van der Waals surface area contributed by atoms with E-state index in [0.717, 1.165) is 11.5 Å². The van der Waals surface area contributed by atoms with Gasteiger partial charge in [-0.3, -0.25) is 4.79 Å². The van der Waals surface area contributed by atoms with Gasteiger partial charge in [0.05, 0.1) is 12.8 Å². The topological polar surface area (TPSA) is 65.0 Å². The second-order valence-electron chi connectivity index (χ2n) is 2.72. The van der Waals surface area contributed by atoms with Gasteiger partial charge in [-0.1, -0.05) is 15.8 Å². The standard InChI is InChI=1S/C8H7N3O2S2/c1-4-7(15-11-10-4)6(12)5-3-14-8(9-5)13-2/h3H,1-2H3. The Morgan fingerprint density at radius 1 is 1.53 bits per heavy atom. The molecule has 0 bridgehead atoms. The van der Waals surface area contributed by atoms with Crippen molar-refractivity contribution in [2.24, 2.45) is 0 Å². The smallest absolute Gasteiger partial charge is 0.273 e. The molecular formula is C8H7N3O2S2. The Morgan fingerprint density at radius 2 is 2.33 bits per heavy atom. The van der Waals surface area contributed by atoms with Gasteiger partial charge >= 0.3 is 0 Å². The molecule has 78 valence electrons. The molecule has 2 rings (SSSR count). The number of hydrogen-bond donors (Lipinski definition) is 0. The van der Waals surface area contributed by atoms with Crippen LogP contribution in [-0.4, -0.2) is 27.5 Å². The monoisotopic (exact) mass is 241 g/mol. The van der Waals surface area contributed by atoms with Crippen molar-refractivity contribution in [3.05, 3.63) is 21.6 Å². The van der Waals surface area contributed by atoms with Crippen LogP contribution in [0, 0.1) is 6.92 Å². The summed E-state index contributed by atoms with van der Waals surface area (Å²) < 4.78 is 8.63. The van der Waals surface area contributed by atoms with Crippen LogP contribution in [0.4, 0.5) is 0 Å². The van der Waals surface area contributed by atoms with Gasteiger partial charge in [0.25, 0.3) is 5.19 Å². The molecule has 0 spiro atoms. The molecule has 0 N–H and O–H groups in total. The highest BCUT2D eigenvalue weighted by molar-refractivity contribution is 7.12. The average Bonchev–Trinajstić information content (AvgIpc) is 2.84. The molecule has 15 heavy (non-hydrogen) atoms. The first kappa shape index (κ1) is 10.2. The lowest BCUT2D eigenvalue weighted by molar-refractivity contribution is 0.103. The van der Waals surface area contributed by atoms with E-state index in [1.807, 2.05) is 0 Å². The highest BCUT2D eigenvalue weighted by Crippen LogP contribution is 2.21. The molecule has 0 atom stereocenters. The molecule has 0 saturated heterocycles. The van der Waals surface area contributed by atoms with E-state index in [1.54, 1.807) is 12.3 Å². The predicted octanol–water partition coefficient (Wildman–Crippen LogP) is 1.54. The summed E-state index contributed by atoms with van der Waals surface area (Å²) in [6, 6.07) is 0. The summed E-state index contributed by atoms with van der Waals surface area (Å²) in [6.07, 6.45) is 0. The minimum absolute atomic E-state index is 0.151. The molecule has 5 nitrogen and oxygen atoms in total. The molecule has 0 radical (unpaired) electrons. The fourth-order valence-corrected chi connectivity index (χ4v) is 2.24. The molecule has 2 aromatic rings. The maximum absolute atomic E-state index is 11.9. The number of aromatic nitrogens is 3. The molecule has 2 aromatic heterocycles. The van der Waals surface area contributed by atoms with Gasteiger partial charge in [0.1, 0.15) is 10.6 Å². The number of methoxy groups -OCH3 is 1. The van der Waals surface area contributed by atoms with Crippen molar-refractivity contribution >= 4 is 28.7 Å². The van der Waals surface area contributed by atoms with Crippen molar-refractivity contribution in [1.82, 2.24) is 14.6 Å². The summed E-state index contributed by atoms with van der Waals surface area (Å²) in [5, 5.41) is 5.93. The molecule has 0 aliphatic rings. The normalized spacial score (nSPS) is 10.3. The molecule has 0 fully saturated rings. The van der Waals surface area contributed by atoms with Gasteiger partial charge < -0.3 is 4.74 Å². The largest absolute Gasteiger partial charge is 0.473 e. The number of nitrogens with zero attached hydrogens (tertiary/aromatic N) is 3. The van der Waals surface area contributed by atoms with Crippen molar-refractivity contribution in [2.75, 3.05) is 7.11 Å². The Hall–Kier alpha value is -1.34. The first-order chi connectivity index (χ1) is 7.22. The maximum atomic E-state index is 11.9. The number of hydrogen-bond acceptors (Lipinski definition) is 7. The second kappa shape index (κ2) is 4.03. The van der Waals surface area contributed by atoms with Crippen LogP contribution in [0.1, 0.15) is 21.1 Å². The van der Waals surface area contributed by atoms with E-state index in [4.69, 9.17) is 4.74 Å². The number of rotatable bonds is 3. The summed E-state index contributed by atoms with van der Waals surface area (Å²) in [5.41, 5.74) is 1.02. The van der Waals surface area contributed by atoms with Crippen molar-refractivity contribution in [3.8, 4) is 5.19 Å². The lowest BCUT2D eigenvalue weighted by Crippen LogP contribution is -2.01. The van der Waals surface area contributed by atoms with Crippen LogP contribution in [0.3, 0.4) is 0 Å². The molecule has 0 amide bonds.